The van der Waals surface area contributed by atoms with Gasteiger partial charge in [0.1, 0.15) is 17.6 Å². The van der Waals surface area contributed by atoms with Gasteiger partial charge in [0, 0.05) is 18.7 Å². The maximum absolute atomic E-state index is 5.60. The molecule has 0 fully saturated rings. The lowest BCUT2D eigenvalue weighted by atomic mass is 10.1. The first-order valence-corrected chi connectivity index (χ1v) is 7.06. The molecule has 0 spiro atoms. The first kappa shape index (κ1) is 13.6. The molecule has 1 aromatic carbocycles. The zero-order chi connectivity index (χ0) is 14.7. The number of aromatic nitrogens is 1. The van der Waals surface area contributed by atoms with Crippen LogP contribution in [0.25, 0.3) is 22.2 Å². The van der Waals surface area contributed by atoms with Crippen molar-refractivity contribution in [1.82, 2.24) is 9.88 Å². The van der Waals surface area contributed by atoms with Gasteiger partial charge in [-0.1, -0.05) is 30.3 Å². The number of furan rings is 1. The lowest BCUT2D eigenvalue weighted by molar-refractivity contribution is 0.425. The molecule has 0 bridgehead atoms. The lowest BCUT2D eigenvalue weighted by Crippen LogP contribution is -2.21. The first-order valence-electron chi connectivity index (χ1n) is 7.06. The fourth-order valence-corrected chi connectivity index (χ4v) is 2.24. The van der Waals surface area contributed by atoms with Crippen molar-refractivity contribution < 1.29 is 4.42 Å². The summed E-state index contributed by atoms with van der Waals surface area (Å²) < 4.78 is 5.60. The zero-order valence-electron chi connectivity index (χ0n) is 12.3. The Bertz CT molecular complexity index is 719. The number of hydrogen-bond acceptors (Lipinski definition) is 4. The summed E-state index contributed by atoms with van der Waals surface area (Å²) in [6.45, 7) is 1.83. The molecule has 0 saturated heterocycles. The van der Waals surface area contributed by atoms with E-state index in [2.05, 4.69) is 41.4 Å². The summed E-state index contributed by atoms with van der Waals surface area (Å²) >= 11 is 0. The van der Waals surface area contributed by atoms with Gasteiger partial charge in [0.05, 0.1) is 0 Å². The van der Waals surface area contributed by atoms with Crippen molar-refractivity contribution in [2.45, 2.75) is 0 Å². The van der Waals surface area contributed by atoms with Crippen LogP contribution < -0.4 is 5.32 Å². The maximum Gasteiger partial charge on any atom is 0.153 e. The summed E-state index contributed by atoms with van der Waals surface area (Å²) in [6, 6.07) is 14.1. The second kappa shape index (κ2) is 5.97. The van der Waals surface area contributed by atoms with Crippen molar-refractivity contribution in [2.24, 2.45) is 0 Å². The summed E-state index contributed by atoms with van der Waals surface area (Å²) in [4.78, 5) is 6.82. The molecule has 0 saturated carbocycles. The standard InChI is InChI=1S/C17H19N3O/c1-20(2)11-10-18-16-9-8-15-17(19-16)14(12-21-15)13-6-4-3-5-7-13/h3-9,12H,10-11H2,1-2H3,(H,18,19). The number of nitrogens with one attached hydrogen (secondary N) is 1. The van der Waals surface area contributed by atoms with Crippen LogP contribution in [0.4, 0.5) is 5.82 Å². The van der Waals surface area contributed by atoms with Crippen molar-refractivity contribution in [1.29, 1.82) is 0 Å². The van der Waals surface area contributed by atoms with Gasteiger partial charge in [-0.3, -0.25) is 0 Å². The van der Waals surface area contributed by atoms with Crippen LogP contribution in [0.5, 0.6) is 0 Å². The highest BCUT2D eigenvalue weighted by Gasteiger charge is 2.10. The predicted molar refractivity (Wildman–Crippen MR) is 86.5 cm³/mol. The summed E-state index contributed by atoms with van der Waals surface area (Å²) in [7, 11) is 4.11. The number of pyridine rings is 1. The molecule has 4 nitrogen and oxygen atoms in total. The normalized spacial score (nSPS) is 11.2. The molecule has 108 valence electrons. The van der Waals surface area contributed by atoms with Crippen molar-refractivity contribution in [3.05, 3.63) is 48.7 Å². The molecular formula is C17H19N3O. The summed E-state index contributed by atoms with van der Waals surface area (Å²) in [6.07, 6.45) is 1.77. The van der Waals surface area contributed by atoms with E-state index < -0.39 is 0 Å². The van der Waals surface area contributed by atoms with Crippen LogP contribution in [0.2, 0.25) is 0 Å². The Hall–Kier alpha value is -2.33. The molecule has 0 unspecified atom stereocenters. The van der Waals surface area contributed by atoms with Gasteiger partial charge >= 0.3 is 0 Å². The van der Waals surface area contributed by atoms with Crippen LogP contribution in [0.1, 0.15) is 0 Å². The molecule has 4 heteroatoms. The van der Waals surface area contributed by atoms with Crippen LogP contribution in [-0.2, 0) is 0 Å². The molecule has 0 atom stereocenters. The van der Waals surface area contributed by atoms with Gasteiger partial charge in [0.15, 0.2) is 5.58 Å². The molecule has 3 aromatic rings. The van der Waals surface area contributed by atoms with Crippen molar-refractivity contribution in [2.75, 3.05) is 32.5 Å². The quantitative estimate of drug-likeness (QED) is 0.777. The van der Waals surface area contributed by atoms with Gasteiger partial charge in [0.2, 0.25) is 0 Å². The molecule has 0 aliphatic rings. The van der Waals surface area contributed by atoms with Gasteiger partial charge in [-0.15, -0.1) is 0 Å². The van der Waals surface area contributed by atoms with Gasteiger partial charge in [-0.05, 0) is 31.8 Å². The molecule has 0 radical (unpaired) electrons. The van der Waals surface area contributed by atoms with Crippen LogP contribution in [-0.4, -0.2) is 37.1 Å². The minimum absolute atomic E-state index is 0.812. The van der Waals surface area contributed by atoms with Gasteiger partial charge < -0.3 is 14.6 Å². The molecule has 0 amide bonds. The molecule has 0 aliphatic heterocycles. The Labute approximate surface area is 124 Å². The highest BCUT2D eigenvalue weighted by molar-refractivity contribution is 5.91. The average Bonchev–Trinajstić information content (AvgIpc) is 2.91. The SMILES string of the molecule is CN(C)CCNc1ccc2occ(-c3ccccc3)c2n1. The van der Waals surface area contributed by atoms with E-state index in [1.807, 2.05) is 30.3 Å². The van der Waals surface area contributed by atoms with E-state index in [-0.39, 0.29) is 0 Å². The van der Waals surface area contributed by atoms with E-state index in [4.69, 9.17) is 4.42 Å². The predicted octanol–water partition coefficient (Wildman–Crippen LogP) is 3.47. The second-order valence-electron chi connectivity index (χ2n) is 5.29. The molecule has 21 heavy (non-hydrogen) atoms. The number of likely N-dealkylation sites (N-methyl/N-ethyl adjacent to an activating group) is 1. The minimum Gasteiger partial charge on any atom is -0.462 e. The maximum atomic E-state index is 5.60. The fraction of sp³-hybridized carbons (Fsp3) is 0.235. The van der Waals surface area contributed by atoms with E-state index in [1.54, 1.807) is 6.26 Å². The number of anilines is 1. The number of hydrogen-bond donors (Lipinski definition) is 1. The van der Waals surface area contributed by atoms with E-state index >= 15 is 0 Å². The monoisotopic (exact) mass is 281 g/mol. The van der Waals surface area contributed by atoms with Crippen LogP contribution >= 0.6 is 0 Å². The second-order valence-corrected chi connectivity index (χ2v) is 5.29. The zero-order valence-corrected chi connectivity index (χ0v) is 12.3. The smallest absolute Gasteiger partial charge is 0.153 e. The molecule has 2 aromatic heterocycles. The number of rotatable bonds is 5. The van der Waals surface area contributed by atoms with Gasteiger partial charge in [0.25, 0.3) is 0 Å². The number of fused-ring (bicyclic) bond motifs is 1. The number of benzene rings is 1. The Morgan fingerprint density at radius 3 is 2.67 bits per heavy atom. The van der Waals surface area contributed by atoms with E-state index in [9.17, 15) is 0 Å². The lowest BCUT2D eigenvalue weighted by Gasteiger charge is -2.10. The van der Waals surface area contributed by atoms with Crippen LogP contribution in [0, 0.1) is 0 Å². The highest BCUT2D eigenvalue weighted by Crippen LogP contribution is 2.29. The Morgan fingerprint density at radius 1 is 1.10 bits per heavy atom. The summed E-state index contributed by atoms with van der Waals surface area (Å²) in [5, 5.41) is 3.34. The van der Waals surface area contributed by atoms with E-state index in [0.29, 0.717) is 0 Å². The Morgan fingerprint density at radius 2 is 1.90 bits per heavy atom. The van der Waals surface area contributed by atoms with Crippen molar-refractivity contribution >= 4 is 16.9 Å². The third-order valence-electron chi connectivity index (χ3n) is 3.37. The molecule has 2 heterocycles. The Kier molecular flexibility index (Phi) is 3.88. The van der Waals surface area contributed by atoms with Crippen LogP contribution in [0.15, 0.2) is 53.1 Å². The first-order chi connectivity index (χ1) is 10.2. The summed E-state index contributed by atoms with van der Waals surface area (Å²) in [5.41, 5.74) is 3.86. The van der Waals surface area contributed by atoms with Crippen LogP contribution in [0.3, 0.4) is 0 Å². The molecule has 1 N–H and O–H groups in total. The summed E-state index contributed by atoms with van der Waals surface area (Å²) in [5.74, 6) is 0.878. The minimum atomic E-state index is 0.812. The number of nitrogens with zero attached hydrogens (tertiary/aromatic N) is 2. The van der Waals surface area contributed by atoms with Crippen molar-refractivity contribution in [3.8, 4) is 11.1 Å². The van der Waals surface area contributed by atoms with Gasteiger partial charge in [-0.2, -0.15) is 0 Å². The fourth-order valence-electron chi connectivity index (χ4n) is 2.24. The average molecular weight is 281 g/mol. The Balaban J connectivity index is 1.89. The van der Waals surface area contributed by atoms with E-state index in [1.165, 1.54) is 0 Å². The molecular weight excluding hydrogens is 262 g/mol. The van der Waals surface area contributed by atoms with Crippen molar-refractivity contribution in [3.63, 3.8) is 0 Å². The largest absolute Gasteiger partial charge is 0.462 e. The molecule has 0 aliphatic carbocycles. The van der Waals surface area contributed by atoms with E-state index in [0.717, 1.165) is 41.1 Å². The third-order valence-corrected chi connectivity index (χ3v) is 3.37. The van der Waals surface area contributed by atoms with Gasteiger partial charge in [-0.25, -0.2) is 4.98 Å². The topological polar surface area (TPSA) is 41.3 Å². The molecule has 3 rings (SSSR count). The third kappa shape index (κ3) is 3.06. The highest BCUT2D eigenvalue weighted by atomic mass is 16.3.